The summed E-state index contributed by atoms with van der Waals surface area (Å²) in [6.45, 7) is 22.0. The van der Waals surface area contributed by atoms with Crippen molar-refractivity contribution in [2.45, 2.75) is 78.6 Å². The van der Waals surface area contributed by atoms with Crippen LogP contribution in [0.15, 0.2) is 241 Å². The quantitative estimate of drug-likeness (QED) is 0.120. The number of benzene rings is 11. The van der Waals surface area contributed by atoms with E-state index in [0.29, 0.717) is 65.8 Å². The molecule has 8 nitrogen and oxygen atoms in total. The highest BCUT2D eigenvalue weighted by molar-refractivity contribution is 6.37. The van der Waals surface area contributed by atoms with Crippen molar-refractivity contribution < 1.29 is 23.4 Å². The van der Waals surface area contributed by atoms with Crippen LogP contribution in [0.1, 0.15) is 79.0 Å². The number of hydrogen-bond donors (Lipinski definition) is 0. The summed E-state index contributed by atoms with van der Waals surface area (Å²) in [7, 11) is 0. The van der Waals surface area contributed by atoms with Crippen LogP contribution in [0.3, 0.4) is 0 Å². The number of anilines is 9. The molecule has 91 heavy (non-hydrogen) atoms. The predicted molar refractivity (Wildman–Crippen MR) is 377 cm³/mol. The van der Waals surface area contributed by atoms with Gasteiger partial charge in [0, 0.05) is 57.0 Å². The smallest absolute Gasteiger partial charge is 0.163 e. The standard InChI is InChI=1S/C82H74ClN3O5/c1-80(2,3)59-27-34-62(35-28-59)84(65-33-26-55-44-58(25-24-56(55)45-65)74-46-57-22-16-17-23-73(57)91-74)66-47-71(85(63-36-29-60(30-37-63)81(4,5)6)69-51-77-75(87-40-42-89-77)49-67(69)53-18-12-10-13-19-53)79(83)72(48-66)86(64-38-31-61(32-39-64)82(7,8)9)70-52-78-76(88-41-43-90-78)50-68(70)54-20-14-11-15-21-54/h10-39,44-52H,40-43H2,1-9H3. The molecule has 0 aliphatic carbocycles. The molecule has 0 fully saturated rings. The minimum Gasteiger partial charge on any atom is -0.486 e. The van der Waals surface area contributed by atoms with Crippen LogP contribution >= 0.6 is 11.6 Å². The fourth-order valence-electron chi connectivity index (χ4n) is 12.5. The first-order chi connectivity index (χ1) is 43.9. The molecule has 0 spiro atoms. The molecule has 0 saturated carbocycles. The van der Waals surface area contributed by atoms with E-state index in [-0.39, 0.29) is 16.2 Å². The van der Waals surface area contributed by atoms with Gasteiger partial charge in [0.05, 0.1) is 33.5 Å². The Balaban J connectivity index is 1.09. The lowest BCUT2D eigenvalue weighted by molar-refractivity contribution is 0.172. The molecule has 0 saturated heterocycles. The van der Waals surface area contributed by atoms with Crippen molar-refractivity contribution in [3.05, 3.63) is 258 Å². The minimum atomic E-state index is -0.124. The first kappa shape index (κ1) is 58.8. The molecule has 9 heteroatoms. The normalized spacial score (nSPS) is 13.1. The predicted octanol–water partition coefficient (Wildman–Crippen LogP) is 23.1. The maximum atomic E-state index is 8.68. The summed E-state index contributed by atoms with van der Waals surface area (Å²) >= 11 is 8.68. The monoisotopic (exact) mass is 1220 g/mol. The number of halogens is 1. The second kappa shape index (κ2) is 23.5. The van der Waals surface area contributed by atoms with Gasteiger partial charge in [0.15, 0.2) is 23.0 Å². The van der Waals surface area contributed by atoms with Crippen molar-refractivity contribution in [3.63, 3.8) is 0 Å². The van der Waals surface area contributed by atoms with Gasteiger partial charge in [-0.3, -0.25) is 0 Å². The van der Waals surface area contributed by atoms with Crippen molar-refractivity contribution in [1.82, 2.24) is 0 Å². The van der Waals surface area contributed by atoms with E-state index in [1.165, 1.54) is 16.7 Å². The summed E-state index contributed by atoms with van der Waals surface area (Å²) in [4.78, 5) is 6.99. The highest BCUT2D eigenvalue weighted by Gasteiger charge is 2.32. The van der Waals surface area contributed by atoms with E-state index in [1.807, 2.05) is 18.2 Å². The lowest BCUT2D eigenvalue weighted by atomic mass is 9.87. The molecular formula is C82H74ClN3O5. The maximum absolute atomic E-state index is 8.68. The topological polar surface area (TPSA) is 59.8 Å². The molecule has 0 atom stereocenters. The number of nitrogens with zero attached hydrogens (tertiary/aromatic N) is 3. The van der Waals surface area contributed by atoms with Gasteiger partial charge in [-0.1, -0.05) is 207 Å². The van der Waals surface area contributed by atoms with Crippen LogP contribution in [0.25, 0.3) is 55.3 Å². The summed E-state index contributed by atoms with van der Waals surface area (Å²) in [5.41, 5.74) is 16.7. The molecule has 11 aromatic carbocycles. The van der Waals surface area contributed by atoms with Gasteiger partial charge in [-0.25, -0.2) is 0 Å². The highest BCUT2D eigenvalue weighted by atomic mass is 35.5. The fourth-order valence-corrected chi connectivity index (χ4v) is 12.8. The highest BCUT2D eigenvalue weighted by Crippen LogP contribution is 2.56. The lowest BCUT2D eigenvalue weighted by Crippen LogP contribution is -2.20. The Morgan fingerprint density at radius 2 is 0.703 bits per heavy atom. The van der Waals surface area contributed by atoms with Crippen molar-refractivity contribution in [2.24, 2.45) is 0 Å². The van der Waals surface area contributed by atoms with Crippen LogP contribution < -0.4 is 33.6 Å². The molecule has 454 valence electrons. The first-order valence-corrected chi connectivity index (χ1v) is 31.8. The van der Waals surface area contributed by atoms with Crippen LogP contribution in [-0.4, -0.2) is 26.4 Å². The molecular weight excluding hydrogens is 1140 g/mol. The summed E-state index contributed by atoms with van der Waals surface area (Å²) in [6, 6.07) is 84.5. The average molecular weight is 1220 g/mol. The number of furan rings is 1. The Bertz CT molecular complexity index is 4440. The van der Waals surface area contributed by atoms with Crippen LogP contribution in [0.4, 0.5) is 51.2 Å². The van der Waals surface area contributed by atoms with Gasteiger partial charge >= 0.3 is 0 Å². The van der Waals surface area contributed by atoms with Gasteiger partial charge in [-0.05, 0) is 146 Å². The molecule has 3 heterocycles. The van der Waals surface area contributed by atoms with Gasteiger partial charge in [-0.2, -0.15) is 0 Å². The fraction of sp³-hybridized carbons (Fsp3) is 0.195. The SMILES string of the molecule is CC(C)(C)c1ccc(N(c2cc(N(c3ccc(C(C)(C)C)cc3)c3cc4c(cc3-c3ccccc3)OCCO4)c(Cl)c(N(c3ccc(C(C)(C)C)cc3)c3cc4c(cc3-c3ccccc3)OCCO4)c2)c2ccc3cc(-c4cc5ccccc5o4)ccc3c2)cc1. The Kier molecular flexibility index (Phi) is 15.2. The number of rotatable bonds is 12. The number of hydrogen-bond acceptors (Lipinski definition) is 8. The molecule has 2 aliphatic rings. The molecule has 0 N–H and O–H groups in total. The Labute approximate surface area is 539 Å². The zero-order valence-corrected chi connectivity index (χ0v) is 53.9. The van der Waals surface area contributed by atoms with Crippen LogP contribution in [0.2, 0.25) is 5.02 Å². The van der Waals surface area contributed by atoms with Crippen molar-refractivity contribution in [1.29, 1.82) is 0 Å². The zero-order valence-electron chi connectivity index (χ0n) is 53.1. The molecule has 0 unspecified atom stereocenters. The van der Waals surface area contributed by atoms with Gasteiger partial charge < -0.3 is 38.1 Å². The van der Waals surface area contributed by atoms with Crippen LogP contribution in [0.5, 0.6) is 23.0 Å². The summed E-state index contributed by atoms with van der Waals surface area (Å²) in [5.74, 6) is 3.48. The molecule has 0 radical (unpaired) electrons. The van der Waals surface area contributed by atoms with E-state index < -0.39 is 0 Å². The first-order valence-electron chi connectivity index (χ1n) is 31.5. The zero-order chi connectivity index (χ0) is 62.8. The van der Waals surface area contributed by atoms with Gasteiger partial charge in [0.2, 0.25) is 0 Å². The van der Waals surface area contributed by atoms with E-state index in [9.17, 15) is 0 Å². The van der Waals surface area contributed by atoms with Crippen LogP contribution in [0, 0.1) is 0 Å². The number of ether oxygens (including phenoxy) is 4. The largest absolute Gasteiger partial charge is 0.486 e. The molecule has 2 aliphatic heterocycles. The van der Waals surface area contributed by atoms with E-state index in [1.54, 1.807) is 0 Å². The number of fused-ring (bicyclic) bond motifs is 4. The van der Waals surface area contributed by atoms with Crippen molar-refractivity contribution in [2.75, 3.05) is 41.1 Å². The summed E-state index contributed by atoms with van der Waals surface area (Å²) < 4.78 is 32.3. The molecule has 12 aromatic rings. The average Bonchev–Trinajstić information content (AvgIpc) is 1.21. The van der Waals surface area contributed by atoms with E-state index in [4.69, 9.17) is 35.0 Å². The molecule has 0 amide bonds. The Hall–Kier alpha value is -9.89. The van der Waals surface area contributed by atoms with Gasteiger partial charge in [0.1, 0.15) is 37.8 Å². The Morgan fingerprint density at radius 3 is 1.15 bits per heavy atom. The van der Waals surface area contributed by atoms with Crippen molar-refractivity contribution in [3.8, 4) is 56.6 Å². The summed E-state index contributed by atoms with van der Waals surface area (Å²) in [6.07, 6.45) is 0. The van der Waals surface area contributed by atoms with Crippen molar-refractivity contribution >= 4 is 84.5 Å². The third kappa shape index (κ3) is 11.6. The molecule has 0 bridgehead atoms. The second-order valence-corrected chi connectivity index (χ2v) is 27.2. The maximum Gasteiger partial charge on any atom is 0.163 e. The number of para-hydroxylation sites is 1. The lowest BCUT2D eigenvalue weighted by Gasteiger charge is -2.36. The minimum absolute atomic E-state index is 0.100. The molecule has 1 aromatic heterocycles. The van der Waals surface area contributed by atoms with E-state index in [2.05, 4.69) is 295 Å². The second-order valence-electron chi connectivity index (χ2n) is 26.8. The van der Waals surface area contributed by atoms with E-state index >= 15 is 0 Å². The van der Waals surface area contributed by atoms with Gasteiger partial charge in [-0.15, -0.1) is 0 Å². The Morgan fingerprint density at radius 1 is 0.308 bits per heavy atom. The van der Waals surface area contributed by atoms with Gasteiger partial charge in [0.25, 0.3) is 0 Å². The molecule has 14 rings (SSSR count). The third-order valence-corrected chi connectivity index (χ3v) is 17.9. The van der Waals surface area contributed by atoms with E-state index in [0.717, 1.165) is 95.1 Å². The summed E-state index contributed by atoms with van der Waals surface area (Å²) in [5, 5.41) is 3.71. The third-order valence-electron chi connectivity index (χ3n) is 17.5. The van der Waals surface area contributed by atoms with Crippen LogP contribution in [-0.2, 0) is 16.2 Å².